The molecule has 1 saturated carbocycles. The summed E-state index contributed by atoms with van der Waals surface area (Å²) in [6, 6.07) is 0. The van der Waals surface area contributed by atoms with Crippen molar-refractivity contribution in [1.82, 2.24) is 0 Å². The Morgan fingerprint density at radius 1 is 0.957 bits per heavy atom. The van der Waals surface area contributed by atoms with Crippen LogP contribution in [0.25, 0.3) is 0 Å². The van der Waals surface area contributed by atoms with E-state index in [4.69, 9.17) is 9.31 Å². The Morgan fingerprint density at radius 2 is 1.43 bits per heavy atom. The maximum Gasteiger partial charge on any atom is 0.490 e. The lowest BCUT2D eigenvalue weighted by Crippen LogP contribution is -2.41. The van der Waals surface area contributed by atoms with Crippen molar-refractivity contribution in [2.75, 3.05) is 0 Å². The molecule has 23 heavy (non-hydrogen) atoms. The second-order valence-corrected chi connectivity index (χ2v) is 8.91. The SMILES string of the molecule is C1CCCC1.CC(C)C1CC=C(B2OC(C)(C)C(C)(C)O2)CC1. The van der Waals surface area contributed by atoms with Crippen molar-refractivity contribution in [3.63, 3.8) is 0 Å². The van der Waals surface area contributed by atoms with Crippen LogP contribution in [0.15, 0.2) is 11.5 Å². The first kappa shape index (κ1) is 19.1. The van der Waals surface area contributed by atoms with Crippen LogP contribution in [-0.4, -0.2) is 18.3 Å². The first-order chi connectivity index (χ1) is 10.7. The molecule has 2 aliphatic carbocycles. The topological polar surface area (TPSA) is 18.5 Å². The molecule has 0 N–H and O–H groups in total. The van der Waals surface area contributed by atoms with Gasteiger partial charge in [-0.3, -0.25) is 0 Å². The van der Waals surface area contributed by atoms with Gasteiger partial charge in [0.2, 0.25) is 0 Å². The summed E-state index contributed by atoms with van der Waals surface area (Å²) in [5.41, 5.74) is 0.923. The van der Waals surface area contributed by atoms with Crippen molar-refractivity contribution in [3.8, 4) is 0 Å². The highest BCUT2D eigenvalue weighted by Gasteiger charge is 2.52. The van der Waals surface area contributed by atoms with Crippen molar-refractivity contribution in [2.45, 2.75) is 104 Å². The van der Waals surface area contributed by atoms with E-state index in [0.717, 1.165) is 18.3 Å². The van der Waals surface area contributed by atoms with E-state index in [1.165, 1.54) is 50.4 Å². The molecular formula is C20H37BO2. The molecular weight excluding hydrogens is 283 g/mol. The third-order valence-electron chi connectivity index (χ3n) is 6.24. The van der Waals surface area contributed by atoms with Crippen molar-refractivity contribution in [1.29, 1.82) is 0 Å². The zero-order chi connectivity index (χ0) is 17.1. The van der Waals surface area contributed by atoms with Crippen LogP contribution in [0.5, 0.6) is 0 Å². The number of hydrogen-bond donors (Lipinski definition) is 0. The van der Waals surface area contributed by atoms with Gasteiger partial charge in [0.25, 0.3) is 0 Å². The van der Waals surface area contributed by atoms with Gasteiger partial charge in [0.15, 0.2) is 0 Å². The molecule has 0 bridgehead atoms. The van der Waals surface area contributed by atoms with Crippen LogP contribution in [0.2, 0.25) is 0 Å². The molecule has 0 aromatic carbocycles. The first-order valence-electron chi connectivity index (χ1n) is 9.77. The molecule has 0 aromatic heterocycles. The predicted molar refractivity (Wildman–Crippen MR) is 99.4 cm³/mol. The normalized spacial score (nSPS) is 29.3. The van der Waals surface area contributed by atoms with Crippen LogP contribution >= 0.6 is 0 Å². The maximum absolute atomic E-state index is 6.11. The monoisotopic (exact) mass is 320 g/mol. The summed E-state index contributed by atoms with van der Waals surface area (Å²) in [4.78, 5) is 0. The Hall–Kier alpha value is -0.275. The summed E-state index contributed by atoms with van der Waals surface area (Å²) >= 11 is 0. The third kappa shape index (κ3) is 4.86. The highest BCUT2D eigenvalue weighted by molar-refractivity contribution is 6.54. The van der Waals surface area contributed by atoms with Gasteiger partial charge in [0.05, 0.1) is 11.2 Å². The molecule has 3 aliphatic rings. The Balaban J connectivity index is 0.000000326. The minimum Gasteiger partial charge on any atom is -0.400 e. The molecule has 3 rings (SSSR count). The average Bonchev–Trinajstić information content (AvgIpc) is 3.10. The maximum atomic E-state index is 6.11. The summed E-state index contributed by atoms with van der Waals surface area (Å²) in [7, 11) is -0.122. The summed E-state index contributed by atoms with van der Waals surface area (Å²) in [6.07, 6.45) is 13.4. The highest BCUT2D eigenvalue weighted by Crippen LogP contribution is 2.41. The van der Waals surface area contributed by atoms with Crippen LogP contribution in [-0.2, 0) is 9.31 Å². The lowest BCUT2D eigenvalue weighted by atomic mass is 9.69. The molecule has 1 heterocycles. The quantitative estimate of drug-likeness (QED) is 0.585. The molecule has 2 fully saturated rings. The van der Waals surface area contributed by atoms with Crippen molar-refractivity contribution >= 4 is 7.12 Å². The van der Waals surface area contributed by atoms with Gasteiger partial charge in [0.1, 0.15) is 0 Å². The first-order valence-corrected chi connectivity index (χ1v) is 9.77. The number of allylic oxidation sites excluding steroid dienone is 2. The molecule has 3 heteroatoms. The van der Waals surface area contributed by atoms with Crippen LogP contribution in [0, 0.1) is 11.8 Å². The molecule has 0 spiro atoms. The largest absolute Gasteiger partial charge is 0.490 e. The Kier molecular flexibility index (Phi) is 6.41. The molecule has 1 aliphatic heterocycles. The fraction of sp³-hybridized carbons (Fsp3) is 0.900. The van der Waals surface area contributed by atoms with Gasteiger partial charge in [-0.1, -0.05) is 52.0 Å². The highest BCUT2D eigenvalue weighted by atomic mass is 16.7. The van der Waals surface area contributed by atoms with E-state index in [2.05, 4.69) is 47.6 Å². The van der Waals surface area contributed by atoms with Crippen molar-refractivity contribution in [2.24, 2.45) is 11.8 Å². The van der Waals surface area contributed by atoms with Gasteiger partial charge in [-0.2, -0.15) is 0 Å². The summed E-state index contributed by atoms with van der Waals surface area (Å²) < 4.78 is 12.2. The Labute approximate surface area is 144 Å². The molecule has 0 amide bonds. The van der Waals surface area contributed by atoms with Crippen LogP contribution < -0.4 is 0 Å². The van der Waals surface area contributed by atoms with Gasteiger partial charge in [-0.05, 0) is 64.3 Å². The molecule has 1 saturated heterocycles. The summed E-state index contributed by atoms with van der Waals surface area (Å²) in [6.45, 7) is 13.1. The second kappa shape index (κ2) is 7.74. The van der Waals surface area contributed by atoms with Gasteiger partial charge in [-0.15, -0.1) is 0 Å². The lowest BCUT2D eigenvalue weighted by Gasteiger charge is -2.32. The number of hydrogen-bond acceptors (Lipinski definition) is 2. The Bertz CT molecular complexity index is 384. The van der Waals surface area contributed by atoms with Gasteiger partial charge in [0, 0.05) is 0 Å². The third-order valence-corrected chi connectivity index (χ3v) is 6.24. The van der Waals surface area contributed by atoms with Gasteiger partial charge in [-0.25, -0.2) is 0 Å². The van der Waals surface area contributed by atoms with Crippen LogP contribution in [0.1, 0.15) is 92.9 Å². The molecule has 2 nitrogen and oxygen atoms in total. The molecule has 0 aromatic rings. The van der Waals surface area contributed by atoms with E-state index in [9.17, 15) is 0 Å². The summed E-state index contributed by atoms with van der Waals surface area (Å²) in [5.74, 6) is 1.61. The van der Waals surface area contributed by atoms with Crippen molar-refractivity contribution < 1.29 is 9.31 Å². The predicted octanol–water partition coefficient (Wildman–Crippen LogP) is 5.95. The fourth-order valence-electron chi connectivity index (χ4n) is 3.57. The van der Waals surface area contributed by atoms with Gasteiger partial charge < -0.3 is 9.31 Å². The average molecular weight is 320 g/mol. The smallest absolute Gasteiger partial charge is 0.400 e. The summed E-state index contributed by atoms with van der Waals surface area (Å²) in [5, 5.41) is 0. The van der Waals surface area contributed by atoms with E-state index in [1.807, 2.05) is 0 Å². The number of rotatable bonds is 2. The van der Waals surface area contributed by atoms with E-state index < -0.39 is 0 Å². The minimum atomic E-state index is -0.215. The van der Waals surface area contributed by atoms with E-state index in [-0.39, 0.29) is 18.3 Å². The Morgan fingerprint density at radius 3 is 1.78 bits per heavy atom. The van der Waals surface area contributed by atoms with Crippen LogP contribution in [0.3, 0.4) is 0 Å². The van der Waals surface area contributed by atoms with Crippen LogP contribution in [0.4, 0.5) is 0 Å². The van der Waals surface area contributed by atoms with Crippen molar-refractivity contribution in [3.05, 3.63) is 11.5 Å². The second-order valence-electron chi connectivity index (χ2n) is 8.91. The van der Waals surface area contributed by atoms with E-state index >= 15 is 0 Å². The standard InChI is InChI=1S/C15H27BO2.C5H10/c1-11(2)12-7-9-13(10-8-12)16-17-14(3,4)15(5,6)18-16;1-2-4-5-3-1/h9,11-12H,7-8,10H2,1-6H3;1-5H2. The van der Waals surface area contributed by atoms with Gasteiger partial charge >= 0.3 is 7.12 Å². The lowest BCUT2D eigenvalue weighted by molar-refractivity contribution is 0.00578. The molecule has 132 valence electrons. The zero-order valence-electron chi connectivity index (χ0n) is 16.3. The van der Waals surface area contributed by atoms with E-state index in [1.54, 1.807) is 0 Å². The zero-order valence-corrected chi connectivity index (χ0v) is 16.3. The molecule has 1 atom stereocenters. The molecule has 0 radical (unpaired) electrons. The fourth-order valence-corrected chi connectivity index (χ4v) is 3.57. The minimum absolute atomic E-state index is 0.122. The van der Waals surface area contributed by atoms with E-state index in [0.29, 0.717) is 0 Å². The molecule has 1 unspecified atom stereocenters.